The van der Waals surface area contributed by atoms with E-state index >= 15 is 0 Å². The van der Waals surface area contributed by atoms with E-state index in [0.29, 0.717) is 11.6 Å². The Morgan fingerprint density at radius 1 is 0.968 bits per heavy atom. The first-order valence-electron chi connectivity index (χ1n) is 11.0. The van der Waals surface area contributed by atoms with Gasteiger partial charge in [-0.2, -0.15) is 0 Å². The lowest BCUT2D eigenvalue weighted by atomic mass is 9.64. The fourth-order valence-electron chi connectivity index (χ4n) is 5.91. The molecule has 3 aromatic rings. The third-order valence-electron chi connectivity index (χ3n) is 7.23. The maximum atomic E-state index is 13.3. The Hall–Kier alpha value is -2.96. The number of nitrogens with one attached hydrogen (secondary N) is 1. The largest absolute Gasteiger partial charge is 0.350 e. The van der Waals surface area contributed by atoms with Crippen molar-refractivity contribution in [3.8, 4) is 11.3 Å². The highest BCUT2D eigenvalue weighted by Crippen LogP contribution is 2.43. The van der Waals surface area contributed by atoms with Crippen LogP contribution in [0.2, 0.25) is 0 Å². The molecule has 2 unspecified atom stereocenters. The molecule has 6 heteroatoms. The molecule has 0 spiro atoms. The third kappa shape index (κ3) is 3.18. The fraction of sp³-hybridized carbons (Fsp3) is 0.360. The van der Waals surface area contributed by atoms with Gasteiger partial charge in [-0.1, -0.05) is 65.8 Å². The SMILES string of the molecule is O=C(N[C@@H]1C2CN3CCN(C2)CC1(c1ccccc1)C3)c1cc(-c2ccccc2)no1. The Balaban J connectivity index is 1.32. The number of hydrogen-bond acceptors (Lipinski definition) is 5. The van der Waals surface area contributed by atoms with Gasteiger partial charge in [-0.05, 0) is 5.56 Å². The van der Waals surface area contributed by atoms with Gasteiger partial charge >= 0.3 is 0 Å². The maximum Gasteiger partial charge on any atom is 0.290 e. The molecule has 4 fully saturated rings. The van der Waals surface area contributed by atoms with E-state index < -0.39 is 0 Å². The molecule has 1 N–H and O–H groups in total. The van der Waals surface area contributed by atoms with Crippen LogP contribution in [0.4, 0.5) is 0 Å². The Morgan fingerprint density at radius 2 is 1.61 bits per heavy atom. The van der Waals surface area contributed by atoms with Gasteiger partial charge in [0, 0.05) is 68.3 Å². The second-order valence-corrected chi connectivity index (χ2v) is 9.15. The van der Waals surface area contributed by atoms with Crippen LogP contribution >= 0.6 is 0 Å². The average molecular weight is 415 g/mol. The number of hydrogen-bond donors (Lipinski definition) is 1. The molecule has 158 valence electrons. The van der Waals surface area contributed by atoms with E-state index in [4.69, 9.17) is 4.52 Å². The quantitative estimate of drug-likeness (QED) is 0.711. The van der Waals surface area contributed by atoms with Gasteiger partial charge < -0.3 is 19.6 Å². The van der Waals surface area contributed by atoms with Gasteiger partial charge in [0.1, 0.15) is 5.69 Å². The van der Waals surface area contributed by atoms with Gasteiger partial charge in [0.25, 0.3) is 5.91 Å². The summed E-state index contributed by atoms with van der Waals surface area (Å²) in [7, 11) is 0. The highest BCUT2D eigenvalue weighted by molar-refractivity contribution is 5.92. The lowest BCUT2D eigenvalue weighted by Gasteiger charge is -2.55. The predicted molar refractivity (Wildman–Crippen MR) is 118 cm³/mol. The molecular weight excluding hydrogens is 388 g/mol. The number of fused-ring (bicyclic) bond motifs is 1. The van der Waals surface area contributed by atoms with Gasteiger partial charge in [0.05, 0.1) is 0 Å². The van der Waals surface area contributed by atoms with Crippen LogP contribution in [0, 0.1) is 5.92 Å². The number of carbonyl (C=O) groups is 1. The topological polar surface area (TPSA) is 61.6 Å². The summed E-state index contributed by atoms with van der Waals surface area (Å²) in [5, 5.41) is 7.51. The van der Waals surface area contributed by atoms with Crippen LogP contribution in [0.3, 0.4) is 0 Å². The van der Waals surface area contributed by atoms with Crippen LogP contribution in [0.15, 0.2) is 71.3 Å². The highest BCUT2D eigenvalue weighted by atomic mass is 16.5. The minimum Gasteiger partial charge on any atom is -0.350 e. The van der Waals surface area contributed by atoms with Crippen LogP contribution < -0.4 is 5.32 Å². The molecule has 0 aliphatic carbocycles. The van der Waals surface area contributed by atoms with Crippen molar-refractivity contribution in [1.29, 1.82) is 0 Å². The van der Waals surface area contributed by atoms with E-state index in [-0.39, 0.29) is 23.1 Å². The monoisotopic (exact) mass is 414 g/mol. The summed E-state index contributed by atoms with van der Waals surface area (Å²) < 4.78 is 5.45. The lowest BCUT2D eigenvalue weighted by molar-refractivity contribution is 0.0173. The zero-order valence-electron chi connectivity index (χ0n) is 17.4. The van der Waals surface area contributed by atoms with Crippen molar-refractivity contribution >= 4 is 5.91 Å². The number of benzene rings is 2. The minimum absolute atomic E-state index is 0.0678. The molecule has 4 aliphatic heterocycles. The van der Waals surface area contributed by atoms with Crippen LogP contribution in [-0.4, -0.2) is 66.2 Å². The summed E-state index contributed by atoms with van der Waals surface area (Å²) in [6, 6.07) is 22.3. The summed E-state index contributed by atoms with van der Waals surface area (Å²) in [6.45, 7) is 6.22. The molecule has 1 amide bonds. The van der Waals surface area contributed by atoms with E-state index in [1.807, 2.05) is 30.3 Å². The number of piperidine rings is 2. The van der Waals surface area contributed by atoms with Gasteiger partial charge in [-0.15, -0.1) is 0 Å². The van der Waals surface area contributed by atoms with Crippen molar-refractivity contribution in [2.24, 2.45) is 5.92 Å². The van der Waals surface area contributed by atoms with E-state index in [2.05, 4.69) is 50.6 Å². The Bertz CT molecular complexity index is 1070. The molecule has 7 rings (SSSR count). The number of aromatic nitrogens is 1. The number of amides is 1. The minimum atomic E-state index is -0.175. The smallest absolute Gasteiger partial charge is 0.290 e. The lowest BCUT2D eigenvalue weighted by Crippen LogP contribution is -2.70. The van der Waals surface area contributed by atoms with Crippen molar-refractivity contribution in [1.82, 2.24) is 20.3 Å². The number of rotatable bonds is 4. The number of carbonyl (C=O) groups excluding carboxylic acids is 1. The molecule has 0 saturated carbocycles. The molecule has 5 heterocycles. The Labute approximate surface area is 181 Å². The van der Waals surface area contributed by atoms with Crippen molar-refractivity contribution in [2.45, 2.75) is 11.5 Å². The van der Waals surface area contributed by atoms with Crippen LogP contribution in [0.1, 0.15) is 16.1 Å². The first kappa shape index (κ1) is 18.8. The molecule has 4 bridgehead atoms. The van der Waals surface area contributed by atoms with E-state index in [1.165, 1.54) is 5.56 Å². The van der Waals surface area contributed by atoms with Gasteiger partial charge in [-0.25, -0.2) is 0 Å². The van der Waals surface area contributed by atoms with E-state index in [9.17, 15) is 4.79 Å². The van der Waals surface area contributed by atoms with Gasteiger partial charge in [-0.3, -0.25) is 4.79 Å². The summed E-state index contributed by atoms with van der Waals surface area (Å²) in [4.78, 5) is 18.4. The third-order valence-corrected chi connectivity index (χ3v) is 7.23. The standard InChI is InChI=1S/C25H26N4O2/c30-24(22-13-21(27-31-22)18-7-3-1-4-8-18)26-23-19-14-28-11-12-29(15-19)17-25(23,16-28)20-9-5-2-6-10-20/h1-10,13,19,23H,11-12,14-17H2,(H,26,30)/t19?,23-,25?/m1/s1. The molecule has 3 atom stereocenters. The molecule has 4 aliphatic rings. The fourth-order valence-corrected chi connectivity index (χ4v) is 5.91. The van der Waals surface area contributed by atoms with Gasteiger partial charge in [0.2, 0.25) is 5.76 Å². The summed E-state index contributed by atoms with van der Waals surface area (Å²) in [6.07, 6.45) is 0. The second-order valence-electron chi connectivity index (χ2n) is 9.15. The van der Waals surface area contributed by atoms with Crippen molar-refractivity contribution in [3.05, 3.63) is 78.1 Å². The molecule has 31 heavy (non-hydrogen) atoms. The molecule has 1 aromatic heterocycles. The summed E-state index contributed by atoms with van der Waals surface area (Å²) >= 11 is 0. The first-order chi connectivity index (χ1) is 15.2. The van der Waals surface area contributed by atoms with E-state index in [0.717, 1.165) is 44.8 Å². The summed E-state index contributed by atoms with van der Waals surface area (Å²) in [5.41, 5.74) is 2.82. The Morgan fingerprint density at radius 3 is 2.29 bits per heavy atom. The predicted octanol–water partition coefficient (Wildman–Crippen LogP) is 2.64. The summed E-state index contributed by atoms with van der Waals surface area (Å²) in [5.74, 6) is 0.492. The van der Waals surface area contributed by atoms with Crippen LogP contribution in [0.5, 0.6) is 0 Å². The van der Waals surface area contributed by atoms with Crippen molar-refractivity contribution < 1.29 is 9.32 Å². The zero-order valence-corrected chi connectivity index (χ0v) is 17.4. The number of nitrogens with zero attached hydrogens (tertiary/aromatic N) is 3. The molecule has 4 saturated heterocycles. The zero-order chi connectivity index (χ0) is 20.8. The average Bonchev–Trinajstić information content (AvgIpc) is 3.17. The van der Waals surface area contributed by atoms with Crippen LogP contribution in [-0.2, 0) is 5.41 Å². The normalized spacial score (nSPS) is 31.4. The Kier molecular flexibility index (Phi) is 4.44. The van der Waals surface area contributed by atoms with Gasteiger partial charge in [0.15, 0.2) is 0 Å². The second kappa shape index (κ2) is 7.32. The highest BCUT2D eigenvalue weighted by Gasteiger charge is 2.55. The maximum absolute atomic E-state index is 13.3. The van der Waals surface area contributed by atoms with Crippen LogP contribution in [0.25, 0.3) is 11.3 Å². The van der Waals surface area contributed by atoms with E-state index in [1.54, 1.807) is 6.07 Å². The first-order valence-corrected chi connectivity index (χ1v) is 11.0. The molecular formula is C25H26N4O2. The van der Waals surface area contributed by atoms with Crippen molar-refractivity contribution in [3.63, 3.8) is 0 Å². The molecule has 6 nitrogen and oxygen atoms in total. The molecule has 2 aromatic carbocycles. The molecule has 0 radical (unpaired) electrons. The van der Waals surface area contributed by atoms with Crippen molar-refractivity contribution in [2.75, 3.05) is 39.3 Å².